The number of hydrogen-bond acceptors (Lipinski definition) is 4. The number of methoxy groups -OCH3 is 1. The highest BCUT2D eigenvalue weighted by Gasteiger charge is 2.25. The topological polar surface area (TPSA) is 84.9 Å². The van der Waals surface area contributed by atoms with E-state index in [2.05, 4.69) is 5.32 Å². The van der Waals surface area contributed by atoms with E-state index in [-0.39, 0.29) is 11.3 Å². The van der Waals surface area contributed by atoms with E-state index in [9.17, 15) is 19.1 Å². The molecular formula is C20H22FNO5. The highest BCUT2D eigenvalue weighted by Crippen LogP contribution is 2.22. The Hall–Kier alpha value is -3.09. The van der Waals surface area contributed by atoms with Gasteiger partial charge in [-0.15, -0.1) is 0 Å². The first-order chi connectivity index (χ1) is 12.9. The van der Waals surface area contributed by atoms with E-state index >= 15 is 0 Å². The maximum Gasteiger partial charge on any atom is 0.330 e. The first-order valence-corrected chi connectivity index (χ1v) is 8.47. The number of benzene rings is 2. The van der Waals surface area contributed by atoms with Crippen molar-refractivity contribution in [1.29, 1.82) is 0 Å². The first kappa shape index (κ1) is 20.2. The van der Waals surface area contributed by atoms with Crippen LogP contribution in [0, 0.1) is 11.7 Å². The fourth-order valence-electron chi connectivity index (χ4n) is 2.44. The summed E-state index contributed by atoms with van der Waals surface area (Å²) in [5.41, 5.74) is 0.127. The Kier molecular flexibility index (Phi) is 7.16. The van der Waals surface area contributed by atoms with Crippen molar-refractivity contribution in [3.8, 4) is 11.5 Å². The third-order valence-corrected chi connectivity index (χ3v) is 4.05. The highest BCUT2D eigenvalue weighted by atomic mass is 19.1. The first-order valence-electron chi connectivity index (χ1n) is 8.47. The van der Waals surface area contributed by atoms with Gasteiger partial charge < -0.3 is 19.9 Å². The van der Waals surface area contributed by atoms with Crippen LogP contribution >= 0.6 is 0 Å². The Bertz CT molecular complexity index is 781. The van der Waals surface area contributed by atoms with Crippen molar-refractivity contribution in [1.82, 2.24) is 5.32 Å². The summed E-state index contributed by atoms with van der Waals surface area (Å²) in [6, 6.07) is 11.6. The van der Waals surface area contributed by atoms with Gasteiger partial charge in [0.2, 0.25) is 5.91 Å². The Labute approximate surface area is 156 Å². The zero-order valence-corrected chi connectivity index (χ0v) is 15.1. The van der Waals surface area contributed by atoms with Crippen LogP contribution in [0.4, 0.5) is 4.39 Å². The van der Waals surface area contributed by atoms with Crippen LogP contribution < -0.4 is 14.8 Å². The lowest BCUT2D eigenvalue weighted by molar-refractivity contribution is -0.142. The van der Waals surface area contributed by atoms with Gasteiger partial charge in [-0.3, -0.25) is 4.79 Å². The van der Waals surface area contributed by atoms with Crippen LogP contribution in [-0.2, 0) is 9.59 Å². The van der Waals surface area contributed by atoms with E-state index in [4.69, 9.17) is 9.47 Å². The smallest absolute Gasteiger partial charge is 0.330 e. The van der Waals surface area contributed by atoms with E-state index in [1.165, 1.54) is 19.2 Å². The average Bonchev–Trinajstić information content (AvgIpc) is 2.66. The Morgan fingerprint density at radius 3 is 2.48 bits per heavy atom. The van der Waals surface area contributed by atoms with Crippen molar-refractivity contribution in [2.24, 2.45) is 5.92 Å². The van der Waals surface area contributed by atoms with Crippen molar-refractivity contribution in [2.45, 2.75) is 19.4 Å². The van der Waals surface area contributed by atoms with Crippen LogP contribution in [-0.4, -0.2) is 30.7 Å². The van der Waals surface area contributed by atoms with Gasteiger partial charge in [-0.1, -0.05) is 31.2 Å². The number of ether oxygens (including phenoxy) is 2. The fourth-order valence-corrected chi connectivity index (χ4v) is 2.44. The van der Waals surface area contributed by atoms with Gasteiger partial charge in [-0.25, -0.2) is 9.18 Å². The molecule has 0 aliphatic heterocycles. The number of hydrogen-bond donors (Lipinski definition) is 2. The van der Waals surface area contributed by atoms with E-state index in [0.717, 1.165) is 6.07 Å². The zero-order chi connectivity index (χ0) is 19.8. The van der Waals surface area contributed by atoms with Crippen molar-refractivity contribution < 1.29 is 28.6 Å². The Morgan fingerprint density at radius 2 is 1.89 bits per heavy atom. The fraction of sp³-hybridized carbons (Fsp3) is 0.300. The third-order valence-electron chi connectivity index (χ3n) is 4.05. The molecule has 2 aromatic carbocycles. The number of carboxylic acid groups (broad SMARTS) is 1. The van der Waals surface area contributed by atoms with Crippen LogP contribution in [0.2, 0.25) is 0 Å². The molecule has 0 saturated heterocycles. The number of aliphatic carboxylic acids is 1. The maximum absolute atomic E-state index is 13.9. The van der Waals surface area contributed by atoms with Gasteiger partial charge in [0.05, 0.1) is 13.7 Å². The molecule has 2 aromatic rings. The monoisotopic (exact) mass is 375 g/mol. The molecule has 0 spiro atoms. The van der Waals surface area contributed by atoms with Crippen molar-refractivity contribution in [2.75, 3.05) is 13.7 Å². The minimum Gasteiger partial charge on any atom is -0.494 e. The highest BCUT2D eigenvalue weighted by molar-refractivity contribution is 5.85. The SMILES string of the molecule is COc1ccc(C(NC(=O)C(C)CCOc2ccccc2)C(=O)O)cc1F. The van der Waals surface area contributed by atoms with E-state index in [0.29, 0.717) is 18.8 Å². The predicted molar refractivity (Wildman–Crippen MR) is 97.2 cm³/mol. The summed E-state index contributed by atoms with van der Waals surface area (Å²) in [6.07, 6.45) is 0.407. The molecule has 2 rings (SSSR count). The second-order valence-electron chi connectivity index (χ2n) is 6.03. The van der Waals surface area contributed by atoms with Gasteiger partial charge in [0.15, 0.2) is 17.6 Å². The number of amides is 1. The van der Waals surface area contributed by atoms with Crippen molar-refractivity contribution in [3.63, 3.8) is 0 Å². The summed E-state index contributed by atoms with van der Waals surface area (Å²) in [6.45, 7) is 1.99. The lowest BCUT2D eigenvalue weighted by Gasteiger charge is -2.19. The zero-order valence-electron chi connectivity index (χ0n) is 15.1. The molecule has 1 amide bonds. The number of carbonyl (C=O) groups excluding carboxylic acids is 1. The molecule has 0 heterocycles. The van der Waals surface area contributed by atoms with E-state index in [1.54, 1.807) is 6.92 Å². The minimum absolute atomic E-state index is 0.000596. The van der Waals surface area contributed by atoms with Crippen LogP contribution in [0.1, 0.15) is 24.9 Å². The lowest BCUT2D eigenvalue weighted by atomic mass is 10.0. The number of carbonyl (C=O) groups is 2. The van der Waals surface area contributed by atoms with Crippen LogP contribution in [0.25, 0.3) is 0 Å². The molecule has 7 heteroatoms. The normalized spacial score (nSPS) is 12.7. The van der Waals surface area contributed by atoms with Crippen LogP contribution in [0.3, 0.4) is 0 Å². The summed E-state index contributed by atoms with van der Waals surface area (Å²) >= 11 is 0. The summed E-state index contributed by atoms with van der Waals surface area (Å²) < 4.78 is 24.2. The van der Waals surface area contributed by atoms with E-state index < -0.39 is 29.7 Å². The van der Waals surface area contributed by atoms with Gasteiger partial charge in [0.1, 0.15) is 5.75 Å². The van der Waals surface area contributed by atoms with Gasteiger partial charge >= 0.3 is 5.97 Å². The molecule has 0 aliphatic rings. The van der Waals surface area contributed by atoms with Crippen LogP contribution in [0.15, 0.2) is 48.5 Å². The van der Waals surface area contributed by atoms with Crippen LogP contribution in [0.5, 0.6) is 11.5 Å². The molecule has 6 nitrogen and oxygen atoms in total. The number of nitrogens with one attached hydrogen (secondary N) is 1. The largest absolute Gasteiger partial charge is 0.494 e. The summed E-state index contributed by atoms with van der Waals surface area (Å²) in [5.74, 6) is -2.20. The van der Waals surface area contributed by atoms with Crippen molar-refractivity contribution >= 4 is 11.9 Å². The van der Waals surface area contributed by atoms with E-state index in [1.807, 2.05) is 30.3 Å². The molecule has 0 radical (unpaired) electrons. The molecule has 0 saturated carbocycles. The van der Waals surface area contributed by atoms with Gasteiger partial charge in [0.25, 0.3) is 0 Å². The second kappa shape index (κ2) is 9.56. The molecule has 144 valence electrons. The summed E-state index contributed by atoms with van der Waals surface area (Å²) in [4.78, 5) is 23.9. The molecule has 0 fully saturated rings. The molecule has 2 unspecified atom stereocenters. The maximum atomic E-state index is 13.9. The van der Waals surface area contributed by atoms with Gasteiger partial charge in [-0.05, 0) is 36.2 Å². The van der Waals surface area contributed by atoms with Gasteiger partial charge in [-0.2, -0.15) is 0 Å². The molecule has 2 atom stereocenters. The van der Waals surface area contributed by atoms with Gasteiger partial charge in [0, 0.05) is 5.92 Å². The minimum atomic E-state index is -1.35. The Morgan fingerprint density at radius 1 is 1.19 bits per heavy atom. The third kappa shape index (κ3) is 5.70. The standard InChI is InChI=1S/C20H22FNO5/c1-13(10-11-27-15-6-4-3-5-7-15)19(23)22-18(20(24)25)14-8-9-17(26-2)16(21)12-14/h3-9,12-13,18H,10-11H2,1-2H3,(H,22,23)(H,24,25). The number of carboxylic acids is 1. The summed E-state index contributed by atoms with van der Waals surface area (Å²) in [5, 5.41) is 11.9. The molecule has 27 heavy (non-hydrogen) atoms. The van der Waals surface area contributed by atoms with Crippen molar-refractivity contribution in [3.05, 3.63) is 59.9 Å². The molecule has 0 bridgehead atoms. The summed E-state index contributed by atoms with van der Waals surface area (Å²) in [7, 11) is 1.31. The molecular weight excluding hydrogens is 353 g/mol. The second-order valence-corrected chi connectivity index (χ2v) is 6.03. The number of rotatable bonds is 9. The molecule has 0 aromatic heterocycles. The molecule has 2 N–H and O–H groups in total. The predicted octanol–water partition coefficient (Wildman–Crippen LogP) is 3.18. The Balaban J connectivity index is 1.95. The molecule has 0 aliphatic carbocycles. The average molecular weight is 375 g/mol. The lowest BCUT2D eigenvalue weighted by Crippen LogP contribution is -2.37. The number of halogens is 1. The number of para-hydroxylation sites is 1. The quantitative estimate of drug-likeness (QED) is 0.703.